The molecule has 132 valence electrons. The molecule has 0 aliphatic rings. The third-order valence-electron chi connectivity index (χ3n) is 3.30. The van der Waals surface area contributed by atoms with Crippen molar-refractivity contribution in [3.8, 4) is 0 Å². The summed E-state index contributed by atoms with van der Waals surface area (Å²) in [4.78, 5) is 35.2. The summed E-state index contributed by atoms with van der Waals surface area (Å²) in [6.45, 7) is 0. The Bertz CT molecular complexity index is 815. The molecule has 0 aromatic heterocycles. The smallest absolute Gasteiger partial charge is 0.320 e. The van der Waals surface area contributed by atoms with Crippen LogP contribution in [0.1, 0.15) is 11.1 Å². The predicted octanol–water partition coefficient (Wildman–Crippen LogP) is 3.29. The van der Waals surface area contributed by atoms with Crippen molar-refractivity contribution in [1.29, 1.82) is 0 Å². The van der Waals surface area contributed by atoms with Crippen molar-refractivity contribution in [2.24, 2.45) is 0 Å². The van der Waals surface area contributed by atoms with Gasteiger partial charge in [0.1, 0.15) is 0 Å². The molecule has 4 N–H and O–H groups in total. The Morgan fingerprint density at radius 2 is 0.958 bits per heavy atom. The molecule has 2 rings (SSSR count). The largest absolute Gasteiger partial charge is 0.399 e. The lowest BCUT2D eigenvalue weighted by atomic mass is 10.00. The van der Waals surface area contributed by atoms with Crippen molar-refractivity contribution in [3.05, 3.63) is 47.5 Å². The monoisotopic (exact) mass is 388 g/mol. The lowest BCUT2D eigenvalue weighted by Gasteiger charge is -2.23. The number of hydrogen-bond acceptors (Lipinski definition) is 2. The van der Waals surface area contributed by atoms with Gasteiger partial charge in [0, 0.05) is 11.1 Å². The first-order chi connectivity index (χ1) is 10.7. The third kappa shape index (κ3) is 2.90. The molecular weight excluding hydrogens is 378 g/mol. The molecule has 0 radical (unpaired) electrons. The molecule has 0 unspecified atom stereocenters. The SMILES string of the molecule is O=P(O)(O)C(F)(F)c1cccc2c(C(F)(F)P(=O)(O)O)cccc12. The van der Waals surface area contributed by atoms with Crippen molar-refractivity contribution in [3.63, 3.8) is 0 Å². The van der Waals surface area contributed by atoms with Crippen LogP contribution in [0.2, 0.25) is 0 Å². The van der Waals surface area contributed by atoms with Crippen LogP contribution in [0.25, 0.3) is 10.8 Å². The minimum atomic E-state index is -5.96. The summed E-state index contributed by atoms with van der Waals surface area (Å²) in [6, 6.07) is 4.74. The minimum absolute atomic E-state index is 0.640. The van der Waals surface area contributed by atoms with Gasteiger partial charge in [-0.2, -0.15) is 17.6 Å². The van der Waals surface area contributed by atoms with Gasteiger partial charge in [0.2, 0.25) is 0 Å². The van der Waals surface area contributed by atoms with Crippen LogP contribution in [0.15, 0.2) is 36.4 Å². The van der Waals surface area contributed by atoms with Gasteiger partial charge in [-0.1, -0.05) is 36.4 Å². The quantitative estimate of drug-likeness (QED) is 0.472. The highest BCUT2D eigenvalue weighted by atomic mass is 31.2. The molecule has 6 nitrogen and oxygen atoms in total. The van der Waals surface area contributed by atoms with Crippen LogP contribution in [0.3, 0.4) is 0 Å². The second kappa shape index (κ2) is 5.62. The first-order valence-electron chi connectivity index (χ1n) is 6.11. The van der Waals surface area contributed by atoms with Crippen LogP contribution in [0.5, 0.6) is 0 Å². The molecule has 0 aliphatic carbocycles. The molecule has 12 heteroatoms. The first kappa shape index (κ1) is 19.1. The molecular formula is C12H10F4O6P2. The first-order valence-corrected chi connectivity index (χ1v) is 9.33. The summed E-state index contributed by atoms with van der Waals surface area (Å²) in [5, 5.41) is -1.31. The zero-order valence-corrected chi connectivity index (χ0v) is 13.3. The van der Waals surface area contributed by atoms with Gasteiger partial charge >= 0.3 is 26.5 Å². The normalized spacial score (nSPS) is 14.2. The van der Waals surface area contributed by atoms with E-state index in [0.717, 1.165) is 24.3 Å². The molecule has 0 saturated heterocycles. The number of alkyl halides is 4. The lowest BCUT2D eigenvalue weighted by molar-refractivity contribution is 0.0566. The van der Waals surface area contributed by atoms with E-state index < -0.39 is 48.4 Å². The van der Waals surface area contributed by atoms with Crippen LogP contribution < -0.4 is 0 Å². The van der Waals surface area contributed by atoms with Crippen LogP contribution in [-0.4, -0.2) is 19.6 Å². The number of halogens is 4. The molecule has 2 aromatic rings. The zero-order valence-electron chi connectivity index (χ0n) is 11.5. The molecule has 0 bridgehead atoms. The Hall–Kier alpha value is -1.28. The second-order valence-electron chi connectivity index (χ2n) is 4.88. The average Bonchev–Trinajstić information content (AvgIpc) is 2.43. The molecule has 24 heavy (non-hydrogen) atoms. The molecule has 0 aliphatic heterocycles. The van der Waals surface area contributed by atoms with Crippen LogP contribution in [0.4, 0.5) is 17.6 Å². The van der Waals surface area contributed by atoms with Crippen LogP contribution in [0, 0.1) is 0 Å². The molecule has 0 saturated carbocycles. The lowest BCUT2D eigenvalue weighted by Crippen LogP contribution is -2.16. The van der Waals surface area contributed by atoms with E-state index >= 15 is 0 Å². The maximum atomic E-state index is 14.0. The minimum Gasteiger partial charge on any atom is -0.320 e. The van der Waals surface area contributed by atoms with E-state index in [2.05, 4.69) is 0 Å². The van der Waals surface area contributed by atoms with Crippen molar-refractivity contribution in [2.75, 3.05) is 0 Å². The van der Waals surface area contributed by atoms with Gasteiger partial charge in [-0.05, 0) is 10.8 Å². The second-order valence-corrected chi connectivity index (χ2v) is 8.18. The summed E-state index contributed by atoms with van der Waals surface area (Å²) in [5.41, 5.74) is -11.8. The van der Waals surface area contributed by atoms with Crippen molar-refractivity contribution in [1.82, 2.24) is 0 Å². The number of fused-ring (bicyclic) bond motifs is 1. The fraction of sp³-hybridized carbons (Fsp3) is 0.167. The van der Waals surface area contributed by atoms with Gasteiger partial charge < -0.3 is 19.6 Å². The molecule has 2 aromatic carbocycles. The van der Waals surface area contributed by atoms with Crippen LogP contribution in [-0.2, 0) is 20.5 Å². The third-order valence-corrected chi connectivity index (χ3v) is 5.25. The van der Waals surface area contributed by atoms with E-state index in [1.165, 1.54) is 0 Å². The summed E-state index contributed by atoms with van der Waals surface area (Å²) < 4.78 is 77.8. The van der Waals surface area contributed by atoms with Gasteiger partial charge in [0.15, 0.2) is 0 Å². The number of hydrogen-bond donors (Lipinski definition) is 4. The van der Waals surface area contributed by atoms with E-state index in [1.807, 2.05) is 0 Å². The van der Waals surface area contributed by atoms with E-state index in [4.69, 9.17) is 19.6 Å². The number of benzene rings is 2. The van der Waals surface area contributed by atoms with Gasteiger partial charge in [0.25, 0.3) is 0 Å². The molecule has 0 fully saturated rings. The molecule has 0 atom stereocenters. The highest BCUT2D eigenvalue weighted by Crippen LogP contribution is 2.62. The average molecular weight is 388 g/mol. The van der Waals surface area contributed by atoms with E-state index in [-0.39, 0.29) is 0 Å². The van der Waals surface area contributed by atoms with Crippen molar-refractivity contribution in [2.45, 2.75) is 11.3 Å². The van der Waals surface area contributed by atoms with Gasteiger partial charge in [-0.25, -0.2) is 0 Å². The topological polar surface area (TPSA) is 115 Å². The standard InChI is InChI=1S/C12H10F4O6P2/c13-11(14,23(17,18)19)9-5-1-3-7-8(9)4-2-6-10(7)12(15,16)24(20,21)22/h1-6H,(H2,17,18,19)(H2,20,21,22). The van der Waals surface area contributed by atoms with Gasteiger partial charge in [-0.3, -0.25) is 9.13 Å². The fourth-order valence-electron chi connectivity index (χ4n) is 2.15. The van der Waals surface area contributed by atoms with E-state index in [1.54, 1.807) is 0 Å². The van der Waals surface area contributed by atoms with E-state index in [9.17, 15) is 26.7 Å². The van der Waals surface area contributed by atoms with Gasteiger partial charge in [-0.15, -0.1) is 0 Å². The summed E-state index contributed by atoms with van der Waals surface area (Å²) in [6.07, 6.45) is 0. The van der Waals surface area contributed by atoms with Crippen molar-refractivity contribution >= 4 is 26.0 Å². The maximum Gasteiger partial charge on any atom is 0.399 e. The maximum absolute atomic E-state index is 14.0. The summed E-state index contributed by atoms with van der Waals surface area (Å²) in [5.74, 6) is 0. The van der Waals surface area contributed by atoms with Crippen LogP contribution >= 0.6 is 15.2 Å². The highest BCUT2D eigenvalue weighted by Gasteiger charge is 2.53. The molecule has 0 amide bonds. The summed E-state index contributed by atoms with van der Waals surface area (Å²) in [7, 11) is -11.9. The van der Waals surface area contributed by atoms with E-state index in [0.29, 0.717) is 12.1 Å². The Balaban J connectivity index is 2.87. The molecule has 0 heterocycles. The fourth-order valence-corrected chi connectivity index (χ4v) is 3.17. The predicted molar refractivity (Wildman–Crippen MR) is 75.8 cm³/mol. The molecule has 0 spiro atoms. The Morgan fingerprint density at radius 1 is 0.667 bits per heavy atom. The Morgan fingerprint density at radius 3 is 1.21 bits per heavy atom. The Kier molecular flexibility index (Phi) is 4.46. The Labute approximate surface area is 132 Å². The zero-order chi connectivity index (χ0) is 18.6. The number of rotatable bonds is 4. The van der Waals surface area contributed by atoms with Crippen molar-refractivity contribution < 1.29 is 46.3 Å². The van der Waals surface area contributed by atoms with Gasteiger partial charge in [0.05, 0.1) is 0 Å². The highest BCUT2D eigenvalue weighted by molar-refractivity contribution is 7.53. The summed E-state index contributed by atoms with van der Waals surface area (Å²) >= 11 is 0.